The predicted octanol–water partition coefficient (Wildman–Crippen LogP) is -0.874. The van der Waals surface area contributed by atoms with Crippen LogP contribution in [0.25, 0.3) is 0 Å². The molecule has 8 heteroatoms. The molecule has 0 bridgehead atoms. The number of nitrogens with zero attached hydrogens (tertiary/aromatic N) is 4. The summed E-state index contributed by atoms with van der Waals surface area (Å²) in [6.07, 6.45) is 1.70. The first kappa shape index (κ1) is 13.5. The Morgan fingerprint density at radius 2 is 2.11 bits per heavy atom. The van der Waals surface area contributed by atoms with Gasteiger partial charge in [-0.2, -0.15) is 5.10 Å². The molecule has 1 fully saturated rings. The zero-order chi connectivity index (χ0) is 13.7. The van der Waals surface area contributed by atoms with Gasteiger partial charge < -0.3 is 9.64 Å². The summed E-state index contributed by atoms with van der Waals surface area (Å²) in [6, 6.07) is 0. The predicted molar refractivity (Wildman–Crippen MR) is 65.4 cm³/mol. The molecule has 2 heterocycles. The Bertz CT molecular complexity index is 426. The number of amides is 1. The lowest BCUT2D eigenvalue weighted by atomic mass is 10.3. The summed E-state index contributed by atoms with van der Waals surface area (Å²) in [6.45, 7) is 3.41. The molecule has 1 amide bonds. The first-order valence-corrected chi connectivity index (χ1v) is 6.14. The summed E-state index contributed by atoms with van der Waals surface area (Å²) in [5, 5.41) is 6.23. The molecule has 2 rings (SSSR count). The van der Waals surface area contributed by atoms with E-state index in [1.54, 1.807) is 4.90 Å². The van der Waals surface area contributed by atoms with Crippen LogP contribution in [0.4, 0.5) is 0 Å². The number of aromatic nitrogens is 3. The molecule has 0 unspecified atom stereocenters. The molecular formula is C11H17N5O3. The lowest BCUT2D eigenvalue weighted by Gasteiger charge is -2.33. The number of esters is 1. The molecule has 0 spiro atoms. The average Bonchev–Trinajstić information content (AvgIpc) is 2.98. The van der Waals surface area contributed by atoms with E-state index in [0.29, 0.717) is 26.1 Å². The number of piperazine rings is 1. The highest BCUT2D eigenvalue weighted by atomic mass is 16.5. The summed E-state index contributed by atoms with van der Waals surface area (Å²) in [4.78, 5) is 30.7. The highest BCUT2D eigenvalue weighted by Gasteiger charge is 2.23. The topological polar surface area (TPSA) is 91.4 Å². The maximum absolute atomic E-state index is 12.0. The molecule has 1 aromatic rings. The fourth-order valence-corrected chi connectivity index (χ4v) is 1.98. The van der Waals surface area contributed by atoms with Gasteiger partial charge in [-0.3, -0.25) is 19.6 Å². The van der Waals surface area contributed by atoms with E-state index in [9.17, 15) is 9.59 Å². The van der Waals surface area contributed by atoms with Gasteiger partial charge in [-0.05, 0) is 0 Å². The van der Waals surface area contributed by atoms with Crippen molar-refractivity contribution in [1.29, 1.82) is 0 Å². The molecule has 0 aromatic carbocycles. The quantitative estimate of drug-likeness (QED) is 0.713. The van der Waals surface area contributed by atoms with E-state index in [0.717, 1.165) is 13.1 Å². The number of hydrogen-bond donors (Lipinski definition) is 1. The fraction of sp³-hybridized carbons (Fsp3) is 0.636. The van der Waals surface area contributed by atoms with Crippen LogP contribution in [0.1, 0.15) is 17.0 Å². The van der Waals surface area contributed by atoms with Gasteiger partial charge in [-0.25, -0.2) is 4.98 Å². The second kappa shape index (κ2) is 6.28. The molecule has 1 aromatic heterocycles. The molecule has 1 aliphatic rings. The number of H-pyrrole nitrogens is 1. The monoisotopic (exact) mass is 267 g/mol. The van der Waals surface area contributed by atoms with Gasteiger partial charge in [0.25, 0.3) is 5.91 Å². The van der Waals surface area contributed by atoms with E-state index >= 15 is 0 Å². The highest BCUT2D eigenvalue weighted by Crippen LogP contribution is 2.06. The van der Waals surface area contributed by atoms with Crippen LogP contribution in [-0.4, -0.2) is 76.7 Å². The average molecular weight is 267 g/mol. The number of nitrogens with one attached hydrogen (secondary N) is 1. The third-order valence-corrected chi connectivity index (χ3v) is 3.14. The molecule has 1 N–H and O–H groups in total. The second-order valence-corrected chi connectivity index (χ2v) is 4.29. The Balaban J connectivity index is 1.76. The second-order valence-electron chi connectivity index (χ2n) is 4.29. The SMILES string of the molecule is COC(=O)CCN1CCN(C(=O)c2ncn[nH]2)CC1. The molecule has 0 saturated carbocycles. The number of aromatic amines is 1. The van der Waals surface area contributed by atoms with Crippen LogP contribution in [0.2, 0.25) is 0 Å². The Labute approximate surface area is 110 Å². The largest absolute Gasteiger partial charge is 0.469 e. The minimum absolute atomic E-state index is 0.134. The molecule has 104 valence electrons. The maximum atomic E-state index is 12.0. The minimum atomic E-state index is -0.208. The van der Waals surface area contributed by atoms with Gasteiger partial charge in [0, 0.05) is 32.7 Å². The van der Waals surface area contributed by atoms with Crippen molar-refractivity contribution in [2.45, 2.75) is 6.42 Å². The zero-order valence-corrected chi connectivity index (χ0v) is 10.8. The first-order valence-electron chi connectivity index (χ1n) is 6.14. The van der Waals surface area contributed by atoms with Gasteiger partial charge >= 0.3 is 5.97 Å². The van der Waals surface area contributed by atoms with Gasteiger partial charge in [-0.15, -0.1) is 0 Å². The van der Waals surface area contributed by atoms with Crippen LogP contribution in [0.3, 0.4) is 0 Å². The molecular weight excluding hydrogens is 250 g/mol. The molecule has 8 nitrogen and oxygen atoms in total. The third-order valence-electron chi connectivity index (χ3n) is 3.14. The van der Waals surface area contributed by atoms with Crippen molar-refractivity contribution < 1.29 is 14.3 Å². The van der Waals surface area contributed by atoms with Crippen molar-refractivity contribution >= 4 is 11.9 Å². The summed E-state index contributed by atoms with van der Waals surface area (Å²) in [5.74, 6) is -0.0757. The summed E-state index contributed by atoms with van der Waals surface area (Å²) < 4.78 is 4.60. The first-order chi connectivity index (χ1) is 9.20. The van der Waals surface area contributed by atoms with Crippen molar-refractivity contribution in [3.8, 4) is 0 Å². The smallest absolute Gasteiger partial charge is 0.306 e. The highest BCUT2D eigenvalue weighted by molar-refractivity contribution is 5.90. The van der Waals surface area contributed by atoms with Crippen LogP contribution in [-0.2, 0) is 9.53 Å². The summed E-state index contributed by atoms with van der Waals surface area (Å²) in [7, 11) is 1.39. The van der Waals surface area contributed by atoms with E-state index in [4.69, 9.17) is 0 Å². The Hall–Kier alpha value is -1.96. The van der Waals surface area contributed by atoms with Crippen LogP contribution in [0.15, 0.2) is 6.33 Å². The van der Waals surface area contributed by atoms with Gasteiger partial charge in [0.2, 0.25) is 5.82 Å². The molecule has 0 radical (unpaired) electrons. The molecule has 19 heavy (non-hydrogen) atoms. The van der Waals surface area contributed by atoms with Gasteiger partial charge in [0.1, 0.15) is 6.33 Å². The van der Waals surface area contributed by atoms with E-state index in [-0.39, 0.29) is 17.7 Å². The van der Waals surface area contributed by atoms with E-state index in [1.807, 2.05) is 0 Å². The lowest BCUT2D eigenvalue weighted by Crippen LogP contribution is -2.49. The van der Waals surface area contributed by atoms with Crippen molar-refractivity contribution in [2.75, 3.05) is 39.8 Å². The van der Waals surface area contributed by atoms with E-state index < -0.39 is 0 Å². The number of carbonyl (C=O) groups excluding carboxylic acids is 2. The van der Waals surface area contributed by atoms with E-state index in [1.165, 1.54) is 13.4 Å². The van der Waals surface area contributed by atoms with Crippen molar-refractivity contribution in [3.63, 3.8) is 0 Å². The Morgan fingerprint density at radius 1 is 1.37 bits per heavy atom. The number of carbonyl (C=O) groups is 2. The zero-order valence-electron chi connectivity index (χ0n) is 10.8. The van der Waals surface area contributed by atoms with Crippen molar-refractivity contribution in [2.24, 2.45) is 0 Å². The van der Waals surface area contributed by atoms with Crippen LogP contribution < -0.4 is 0 Å². The van der Waals surface area contributed by atoms with Gasteiger partial charge in [0.15, 0.2) is 0 Å². The Kier molecular flexibility index (Phi) is 4.45. The summed E-state index contributed by atoms with van der Waals surface area (Å²) in [5.41, 5.74) is 0. The minimum Gasteiger partial charge on any atom is -0.469 e. The normalized spacial score (nSPS) is 16.4. The molecule has 1 aliphatic heterocycles. The fourth-order valence-electron chi connectivity index (χ4n) is 1.98. The Morgan fingerprint density at radius 3 is 2.68 bits per heavy atom. The van der Waals surface area contributed by atoms with E-state index in [2.05, 4.69) is 24.8 Å². The van der Waals surface area contributed by atoms with Crippen molar-refractivity contribution in [1.82, 2.24) is 25.0 Å². The molecule has 0 atom stereocenters. The van der Waals surface area contributed by atoms with Crippen LogP contribution >= 0.6 is 0 Å². The number of methoxy groups -OCH3 is 1. The number of ether oxygens (including phenoxy) is 1. The van der Waals surface area contributed by atoms with Crippen LogP contribution in [0.5, 0.6) is 0 Å². The van der Waals surface area contributed by atoms with Crippen molar-refractivity contribution in [3.05, 3.63) is 12.2 Å². The number of hydrogen-bond acceptors (Lipinski definition) is 6. The third kappa shape index (κ3) is 3.50. The number of rotatable bonds is 4. The lowest BCUT2D eigenvalue weighted by molar-refractivity contribution is -0.141. The van der Waals surface area contributed by atoms with Gasteiger partial charge in [-0.1, -0.05) is 0 Å². The molecule has 0 aliphatic carbocycles. The standard InChI is InChI=1S/C11H17N5O3/c1-19-9(17)2-3-15-4-6-16(7-5-15)11(18)10-12-8-13-14-10/h8H,2-7H2,1H3,(H,12,13,14). The summed E-state index contributed by atoms with van der Waals surface area (Å²) >= 11 is 0. The maximum Gasteiger partial charge on any atom is 0.306 e. The molecule has 1 saturated heterocycles. The van der Waals surface area contributed by atoms with Crippen LogP contribution in [0, 0.1) is 0 Å². The van der Waals surface area contributed by atoms with Gasteiger partial charge in [0.05, 0.1) is 13.5 Å².